The predicted molar refractivity (Wildman–Crippen MR) is 139 cm³/mol. The van der Waals surface area contributed by atoms with Crippen molar-refractivity contribution in [2.24, 2.45) is 0 Å². The van der Waals surface area contributed by atoms with Gasteiger partial charge in [-0.3, -0.25) is 24.1 Å². The number of anilines is 2. The van der Waals surface area contributed by atoms with Gasteiger partial charge >= 0.3 is 0 Å². The molecule has 1 aliphatic heterocycles. The summed E-state index contributed by atoms with van der Waals surface area (Å²) in [7, 11) is 0. The molecule has 3 aromatic rings. The molecule has 1 fully saturated rings. The van der Waals surface area contributed by atoms with Crippen LogP contribution < -0.4 is 15.4 Å². The minimum Gasteiger partial charge on any atom is -0.484 e. The van der Waals surface area contributed by atoms with Crippen LogP contribution >= 0.6 is 11.8 Å². The highest BCUT2D eigenvalue weighted by Crippen LogP contribution is 2.32. The Bertz CT molecular complexity index is 1430. The van der Waals surface area contributed by atoms with E-state index in [-0.39, 0.29) is 23.1 Å². The van der Waals surface area contributed by atoms with E-state index in [9.17, 15) is 28.0 Å². The molecule has 0 saturated carbocycles. The van der Waals surface area contributed by atoms with Gasteiger partial charge in [-0.25, -0.2) is 8.78 Å². The summed E-state index contributed by atoms with van der Waals surface area (Å²) in [5.41, 5.74) is 2.06. The number of halogens is 2. The number of ether oxygens (including phenoxy) is 1. The third-order valence-corrected chi connectivity index (χ3v) is 6.17. The first-order valence-electron chi connectivity index (χ1n) is 11.3. The fourth-order valence-electron chi connectivity index (χ4n) is 3.35. The number of hydrogen-bond acceptors (Lipinski definition) is 6. The number of carbonyl (C=O) groups is 4. The number of benzene rings is 3. The zero-order valence-electron chi connectivity index (χ0n) is 20.0. The van der Waals surface area contributed by atoms with Gasteiger partial charge in [0.05, 0.1) is 10.6 Å². The van der Waals surface area contributed by atoms with Crippen LogP contribution in [0.2, 0.25) is 0 Å². The van der Waals surface area contributed by atoms with E-state index < -0.39 is 35.2 Å². The van der Waals surface area contributed by atoms with Crippen LogP contribution in [0.1, 0.15) is 11.1 Å². The number of aryl methyl sites for hydroxylation is 1. The van der Waals surface area contributed by atoms with E-state index in [2.05, 4.69) is 10.6 Å². The topological polar surface area (TPSA) is 105 Å². The van der Waals surface area contributed by atoms with Crippen molar-refractivity contribution in [3.8, 4) is 5.75 Å². The van der Waals surface area contributed by atoms with Gasteiger partial charge in [-0.15, -0.1) is 0 Å². The molecule has 1 saturated heterocycles. The van der Waals surface area contributed by atoms with E-state index in [1.165, 1.54) is 6.08 Å². The monoisotopic (exact) mass is 537 g/mol. The van der Waals surface area contributed by atoms with Gasteiger partial charge in [0.2, 0.25) is 5.91 Å². The number of rotatable bonds is 8. The van der Waals surface area contributed by atoms with Crippen molar-refractivity contribution in [2.75, 3.05) is 23.8 Å². The molecule has 11 heteroatoms. The maximum absolute atomic E-state index is 13.8. The number of hydrogen-bond donors (Lipinski definition) is 2. The molecule has 2 N–H and O–H groups in total. The summed E-state index contributed by atoms with van der Waals surface area (Å²) in [4.78, 5) is 50.1. The largest absolute Gasteiger partial charge is 0.484 e. The second-order valence-electron chi connectivity index (χ2n) is 8.21. The molecule has 3 aromatic carbocycles. The Kier molecular flexibility index (Phi) is 8.17. The normalized spacial score (nSPS) is 14.1. The van der Waals surface area contributed by atoms with Gasteiger partial charge in [0.15, 0.2) is 6.61 Å². The van der Waals surface area contributed by atoms with Crippen molar-refractivity contribution in [3.63, 3.8) is 0 Å². The van der Waals surface area contributed by atoms with Crippen LogP contribution in [0.4, 0.5) is 25.0 Å². The second kappa shape index (κ2) is 11.7. The number of imide groups is 1. The van der Waals surface area contributed by atoms with Gasteiger partial charge in [0, 0.05) is 11.8 Å². The van der Waals surface area contributed by atoms with Gasteiger partial charge in [0.25, 0.3) is 17.1 Å². The van der Waals surface area contributed by atoms with Gasteiger partial charge in [-0.2, -0.15) is 0 Å². The molecule has 38 heavy (non-hydrogen) atoms. The van der Waals surface area contributed by atoms with Crippen molar-refractivity contribution < 1.29 is 32.7 Å². The molecule has 0 radical (unpaired) electrons. The summed E-state index contributed by atoms with van der Waals surface area (Å²) in [6.45, 7) is 1.12. The summed E-state index contributed by atoms with van der Waals surface area (Å²) >= 11 is 0.661. The number of amides is 4. The van der Waals surface area contributed by atoms with Crippen molar-refractivity contribution in [2.45, 2.75) is 6.92 Å². The lowest BCUT2D eigenvalue weighted by atomic mass is 10.2. The minimum absolute atomic E-state index is 0.0990. The van der Waals surface area contributed by atoms with Crippen molar-refractivity contribution >= 4 is 52.2 Å². The lowest BCUT2D eigenvalue weighted by Gasteiger charge is -2.12. The zero-order valence-corrected chi connectivity index (χ0v) is 20.8. The fourth-order valence-corrected chi connectivity index (χ4v) is 4.19. The van der Waals surface area contributed by atoms with Gasteiger partial charge in [0.1, 0.15) is 23.9 Å². The standard InChI is InChI=1S/C27H21F2N3O5S/c1-16-2-7-19(8-3-16)30-25(34)15-37-20-9-4-17(5-10-20)12-23-26(35)32(27(36)38-23)14-24(33)31-22-11-6-18(28)13-21(22)29/h2-13H,14-15H2,1H3,(H,30,34)(H,31,33)/b23-12+. The second-order valence-corrected chi connectivity index (χ2v) is 9.21. The summed E-state index contributed by atoms with van der Waals surface area (Å²) in [5, 5.41) is 4.29. The summed E-state index contributed by atoms with van der Waals surface area (Å²) in [6.07, 6.45) is 1.48. The average Bonchev–Trinajstić information content (AvgIpc) is 3.14. The van der Waals surface area contributed by atoms with Crippen LogP contribution in [-0.2, 0) is 14.4 Å². The number of carbonyl (C=O) groups excluding carboxylic acids is 4. The molecular weight excluding hydrogens is 516 g/mol. The predicted octanol–water partition coefficient (Wildman–Crippen LogP) is 4.97. The Labute approximate surface area is 220 Å². The van der Waals surface area contributed by atoms with Crippen molar-refractivity contribution in [3.05, 3.63) is 94.4 Å². The van der Waals surface area contributed by atoms with Gasteiger partial charge in [-0.1, -0.05) is 29.8 Å². The van der Waals surface area contributed by atoms with Crippen LogP contribution in [0.25, 0.3) is 6.08 Å². The van der Waals surface area contributed by atoms with Gasteiger partial charge in [-0.05, 0) is 66.7 Å². The molecule has 0 unspecified atom stereocenters. The molecule has 0 aliphatic carbocycles. The Hall–Kier alpha value is -4.51. The number of nitrogens with zero attached hydrogens (tertiary/aromatic N) is 1. The van der Waals surface area contributed by atoms with Crippen LogP contribution in [0.15, 0.2) is 71.6 Å². The van der Waals surface area contributed by atoms with Crippen molar-refractivity contribution in [1.29, 1.82) is 0 Å². The first kappa shape index (κ1) is 26.6. The fraction of sp³-hybridized carbons (Fsp3) is 0.111. The average molecular weight is 538 g/mol. The Morgan fingerprint density at radius 3 is 2.34 bits per heavy atom. The van der Waals surface area contributed by atoms with Gasteiger partial charge < -0.3 is 15.4 Å². The zero-order chi connectivity index (χ0) is 27.2. The lowest BCUT2D eigenvalue weighted by Crippen LogP contribution is -2.36. The third kappa shape index (κ3) is 6.83. The highest BCUT2D eigenvalue weighted by molar-refractivity contribution is 8.18. The molecule has 1 heterocycles. The molecule has 0 aromatic heterocycles. The molecule has 4 amide bonds. The molecule has 0 spiro atoms. The van der Waals surface area contributed by atoms with E-state index >= 15 is 0 Å². The molecular formula is C27H21F2N3O5S. The lowest BCUT2D eigenvalue weighted by molar-refractivity contribution is -0.127. The maximum atomic E-state index is 13.8. The highest BCUT2D eigenvalue weighted by Gasteiger charge is 2.36. The molecule has 4 rings (SSSR count). The van der Waals surface area contributed by atoms with Crippen molar-refractivity contribution in [1.82, 2.24) is 4.90 Å². The first-order chi connectivity index (χ1) is 18.2. The maximum Gasteiger partial charge on any atom is 0.294 e. The highest BCUT2D eigenvalue weighted by atomic mass is 32.2. The molecule has 0 atom stereocenters. The third-order valence-electron chi connectivity index (χ3n) is 5.26. The minimum atomic E-state index is -0.980. The van der Waals surface area contributed by atoms with E-state index in [1.54, 1.807) is 36.4 Å². The number of nitrogens with one attached hydrogen (secondary N) is 2. The summed E-state index contributed by atoms with van der Waals surface area (Å²) in [5.74, 6) is -3.17. The molecule has 0 bridgehead atoms. The van der Waals surface area contributed by atoms with Crippen LogP contribution in [0, 0.1) is 18.6 Å². The first-order valence-corrected chi connectivity index (χ1v) is 12.1. The van der Waals surface area contributed by atoms with E-state index in [1.807, 2.05) is 19.1 Å². The van der Waals surface area contributed by atoms with Crippen LogP contribution in [0.5, 0.6) is 5.75 Å². The smallest absolute Gasteiger partial charge is 0.294 e. The summed E-state index contributed by atoms with van der Waals surface area (Å²) in [6, 6.07) is 16.5. The Morgan fingerprint density at radius 1 is 0.947 bits per heavy atom. The van der Waals surface area contributed by atoms with E-state index in [0.717, 1.165) is 22.6 Å². The van der Waals surface area contributed by atoms with E-state index in [0.29, 0.717) is 34.8 Å². The SMILES string of the molecule is Cc1ccc(NC(=O)COc2ccc(/C=C3/SC(=O)N(CC(=O)Nc4ccc(F)cc4F)C3=O)cc2)cc1. The Morgan fingerprint density at radius 2 is 1.66 bits per heavy atom. The molecule has 194 valence electrons. The Balaban J connectivity index is 1.31. The van der Waals surface area contributed by atoms with Crippen LogP contribution in [-0.4, -0.2) is 41.0 Å². The van der Waals surface area contributed by atoms with Crippen LogP contribution in [0.3, 0.4) is 0 Å². The molecule has 8 nitrogen and oxygen atoms in total. The number of thioether (sulfide) groups is 1. The van der Waals surface area contributed by atoms with E-state index in [4.69, 9.17) is 4.74 Å². The molecule has 1 aliphatic rings. The quantitative estimate of drug-likeness (QED) is 0.394. The summed E-state index contributed by atoms with van der Waals surface area (Å²) < 4.78 is 32.3.